The molecule has 1 fully saturated rings. The summed E-state index contributed by atoms with van der Waals surface area (Å²) in [5.74, 6) is 0. The van der Waals surface area contributed by atoms with E-state index in [0.717, 1.165) is 19.0 Å². The van der Waals surface area contributed by atoms with Gasteiger partial charge in [-0.25, -0.2) is 0 Å². The van der Waals surface area contributed by atoms with E-state index >= 15 is 0 Å². The quantitative estimate of drug-likeness (QED) is 0.535. The van der Waals surface area contributed by atoms with Crippen molar-refractivity contribution in [3.05, 3.63) is 12.2 Å². The second-order valence-electron chi connectivity index (χ2n) is 4.38. The highest BCUT2D eigenvalue weighted by molar-refractivity contribution is 4.89. The lowest BCUT2D eigenvalue weighted by molar-refractivity contribution is 0.157. The number of likely N-dealkylation sites (tertiary alicyclic amines) is 1. The Morgan fingerprint density at radius 1 is 1.33 bits per heavy atom. The van der Waals surface area contributed by atoms with Gasteiger partial charge in [-0.1, -0.05) is 25.5 Å². The fourth-order valence-electron chi connectivity index (χ4n) is 2.34. The fourth-order valence-corrected chi connectivity index (χ4v) is 2.34. The van der Waals surface area contributed by atoms with Gasteiger partial charge in [0, 0.05) is 6.04 Å². The Morgan fingerprint density at radius 2 is 2.20 bits per heavy atom. The summed E-state index contributed by atoms with van der Waals surface area (Å²) in [4.78, 5) is 2.63. The molecule has 1 aliphatic heterocycles. The van der Waals surface area contributed by atoms with Gasteiger partial charge in [-0.3, -0.25) is 0 Å². The third-order valence-electron chi connectivity index (χ3n) is 3.29. The SMILES string of the molecule is CCN1CCCCC1C/C=C\CCNC. The topological polar surface area (TPSA) is 15.3 Å². The van der Waals surface area contributed by atoms with Crippen LogP contribution in [0.5, 0.6) is 0 Å². The summed E-state index contributed by atoms with van der Waals surface area (Å²) in [6.07, 6.45) is 11.3. The Labute approximate surface area is 94.7 Å². The summed E-state index contributed by atoms with van der Waals surface area (Å²) < 4.78 is 0. The molecule has 2 nitrogen and oxygen atoms in total. The third-order valence-corrected chi connectivity index (χ3v) is 3.29. The number of piperidine rings is 1. The second-order valence-corrected chi connectivity index (χ2v) is 4.38. The van der Waals surface area contributed by atoms with Crippen molar-refractivity contribution < 1.29 is 0 Å². The van der Waals surface area contributed by atoms with Crippen molar-refractivity contribution in [1.29, 1.82) is 0 Å². The van der Waals surface area contributed by atoms with E-state index in [9.17, 15) is 0 Å². The number of hydrogen-bond acceptors (Lipinski definition) is 2. The van der Waals surface area contributed by atoms with E-state index in [1.165, 1.54) is 38.8 Å². The van der Waals surface area contributed by atoms with E-state index in [1.54, 1.807) is 0 Å². The zero-order valence-electron chi connectivity index (χ0n) is 10.3. The molecule has 1 rings (SSSR count). The van der Waals surface area contributed by atoms with E-state index in [4.69, 9.17) is 0 Å². The van der Waals surface area contributed by atoms with Crippen molar-refractivity contribution in [2.24, 2.45) is 0 Å². The van der Waals surface area contributed by atoms with E-state index in [2.05, 4.69) is 29.3 Å². The highest BCUT2D eigenvalue weighted by Crippen LogP contribution is 2.19. The van der Waals surface area contributed by atoms with Gasteiger partial charge in [0.05, 0.1) is 0 Å². The predicted octanol–water partition coefficient (Wildman–Crippen LogP) is 2.42. The highest BCUT2D eigenvalue weighted by atomic mass is 15.2. The van der Waals surface area contributed by atoms with Crippen LogP contribution in [0, 0.1) is 0 Å². The number of nitrogens with one attached hydrogen (secondary N) is 1. The summed E-state index contributed by atoms with van der Waals surface area (Å²) in [6.45, 7) is 5.91. The van der Waals surface area contributed by atoms with Gasteiger partial charge >= 0.3 is 0 Å². The molecule has 0 aromatic rings. The Kier molecular flexibility index (Phi) is 6.69. The van der Waals surface area contributed by atoms with Gasteiger partial charge in [0.1, 0.15) is 0 Å². The van der Waals surface area contributed by atoms with Crippen LogP contribution in [0.1, 0.15) is 39.0 Å². The van der Waals surface area contributed by atoms with Gasteiger partial charge < -0.3 is 10.2 Å². The Balaban J connectivity index is 2.20. The minimum Gasteiger partial charge on any atom is -0.319 e. The van der Waals surface area contributed by atoms with Crippen LogP contribution < -0.4 is 5.32 Å². The molecule has 0 aromatic heterocycles. The second kappa shape index (κ2) is 7.89. The Morgan fingerprint density at radius 3 is 2.93 bits per heavy atom. The first-order chi connectivity index (χ1) is 7.38. The maximum atomic E-state index is 3.16. The molecule has 0 bridgehead atoms. The molecule has 1 aliphatic rings. The zero-order valence-corrected chi connectivity index (χ0v) is 10.3. The van der Waals surface area contributed by atoms with Crippen LogP contribution in [0.3, 0.4) is 0 Å². The molecule has 88 valence electrons. The molecule has 1 saturated heterocycles. The molecule has 0 saturated carbocycles. The maximum absolute atomic E-state index is 3.16. The number of hydrogen-bond donors (Lipinski definition) is 1. The zero-order chi connectivity index (χ0) is 10.9. The Bertz CT molecular complexity index is 177. The van der Waals surface area contributed by atoms with Crippen LogP contribution in [0.25, 0.3) is 0 Å². The van der Waals surface area contributed by atoms with Gasteiger partial charge in [-0.05, 0) is 52.4 Å². The molecule has 0 amide bonds. The van der Waals surface area contributed by atoms with Crippen LogP contribution in [-0.4, -0.2) is 37.6 Å². The maximum Gasteiger partial charge on any atom is 0.0130 e. The molecule has 2 heteroatoms. The monoisotopic (exact) mass is 210 g/mol. The van der Waals surface area contributed by atoms with Crippen molar-refractivity contribution in [3.8, 4) is 0 Å². The molecule has 0 spiro atoms. The van der Waals surface area contributed by atoms with Gasteiger partial charge in [-0.15, -0.1) is 0 Å². The number of nitrogens with zero attached hydrogens (tertiary/aromatic N) is 1. The van der Waals surface area contributed by atoms with E-state index in [-0.39, 0.29) is 0 Å². The highest BCUT2D eigenvalue weighted by Gasteiger charge is 2.18. The van der Waals surface area contributed by atoms with Gasteiger partial charge in [0.25, 0.3) is 0 Å². The van der Waals surface area contributed by atoms with Crippen molar-refractivity contribution >= 4 is 0 Å². The van der Waals surface area contributed by atoms with Crippen molar-refractivity contribution in [1.82, 2.24) is 10.2 Å². The average Bonchev–Trinajstić information content (AvgIpc) is 2.29. The first-order valence-corrected chi connectivity index (χ1v) is 6.42. The number of rotatable bonds is 6. The van der Waals surface area contributed by atoms with Crippen molar-refractivity contribution in [3.63, 3.8) is 0 Å². The van der Waals surface area contributed by atoms with E-state index in [1.807, 2.05) is 7.05 Å². The molecular formula is C13H26N2. The van der Waals surface area contributed by atoms with Crippen LogP contribution in [0.2, 0.25) is 0 Å². The van der Waals surface area contributed by atoms with Gasteiger partial charge in [0.2, 0.25) is 0 Å². The first kappa shape index (κ1) is 12.7. The normalized spacial score (nSPS) is 23.7. The molecule has 1 unspecified atom stereocenters. The molecule has 1 N–H and O–H groups in total. The van der Waals surface area contributed by atoms with Crippen LogP contribution in [0.4, 0.5) is 0 Å². The molecule has 1 atom stereocenters. The first-order valence-electron chi connectivity index (χ1n) is 6.42. The standard InChI is InChI=1S/C13H26N2/c1-3-15-12-8-6-10-13(15)9-5-4-7-11-14-2/h4-5,13-14H,3,6-12H2,1-2H3/b5-4-. The largest absolute Gasteiger partial charge is 0.319 e. The van der Waals surface area contributed by atoms with Crippen molar-refractivity contribution in [2.45, 2.75) is 45.1 Å². The molecule has 1 heterocycles. The lowest BCUT2D eigenvalue weighted by Crippen LogP contribution is -2.38. The molecule has 0 aliphatic carbocycles. The average molecular weight is 210 g/mol. The lowest BCUT2D eigenvalue weighted by atomic mass is 9.99. The fraction of sp³-hybridized carbons (Fsp3) is 0.846. The summed E-state index contributed by atoms with van der Waals surface area (Å²) in [7, 11) is 2.01. The summed E-state index contributed by atoms with van der Waals surface area (Å²) in [5.41, 5.74) is 0. The van der Waals surface area contributed by atoms with Crippen LogP contribution in [-0.2, 0) is 0 Å². The van der Waals surface area contributed by atoms with E-state index in [0.29, 0.717) is 0 Å². The summed E-state index contributed by atoms with van der Waals surface area (Å²) >= 11 is 0. The minimum absolute atomic E-state index is 0.814. The molecule has 0 radical (unpaired) electrons. The summed E-state index contributed by atoms with van der Waals surface area (Å²) in [6, 6.07) is 0.814. The third kappa shape index (κ3) is 4.80. The van der Waals surface area contributed by atoms with Crippen LogP contribution in [0.15, 0.2) is 12.2 Å². The molecular weight excluding hydrogens is 184 g/mol. The Hall–Kier alpha value is -0.340. The molecule has 0 aromatic carbocycles. The predicted molar refractivity (Wildman–Crippen MR) is 67.2 cm³/mol. The minimum atomic E-state index is 0.814. The van der Waals surface area contributed by atoms with Gasteiger partial charge in [0.15, 0.2) is 0 Å². The van der Waals surface area contributed by atoms with Crippen molar-refractivity contribution in [2.75, 3.05) is 26.7 Å². The lowest BCUT2D eigenvalue weighted by Gasteiger charge is -2.34. The van der Waals surface area contributed by atoms with Gasteiger partial charge in [-0.2, -0.15) is 0 Å². The molecule has 15 heavy (non-hydrogen) atoms. The van der Waals surface area contributed by atoms with Crippen LogP contribution >= 0.6 is 0 Å². The van der Waals surface area contributed by atoms with E-state index < -0.39 is 0 Å². The summed E-state index contributed by atoms with van der Waals surface area (Å²) in [5, 5.41) is 3.16. The smallest absolute Gasteiger partial charge is 0.0130 e.